The van der Waals surface area contributed by atoms with E-state index in [9.17, 15) is 34.0 Å². The number of nitrogens with one attached hydrogen (secondary N) is 2. The van der Waals surface area contributed by atoms with Crippen LogP contribution in [0.15, 0.2) is 39.0 Å². The van der Waals surface area contributed by atoms with Gasteiger partial charge in [-0.3, -0.25) is 29.1 Å². The Bertz CT molecular complexity index is 1510. The molecule has 0 bridgehead atoms. The molecule has 0 radical (unpaired) electrons. The molecule has 8 N–H and O–H groups in total. The number of pyridine rings is 1. The summed E-state index contributed by atoms with van der Waals surface area (Å²) in [7, 11) is 0. The highest BCUT2D eigenvalue weighted by atomic mass is 32.2. The summed E-state index contributed by atoms with van der Waals surface area (Å²) in [5.41, 5.74) is 11.5. The molecule has 2 aromatic heterocycles. The molecule has 44 heavy (non-hydrogen) atoms. The number of carboxylic acids is 2. The van der Waals surface area contributed by atoms with Gasteiger partial charge in [-0.25, -0.2) is 9.78 Å². The number of nitrogens with two attached hydrogens (primary N) is 2. The van der Waals surface area contributed by atoms with Gasteiger partial charge < -0.3 is 32.3 Å². The molecular formula is C23H25N9O8S4. The van der Waals surface area contributed by atoms with Crippen LogP contribution in [0.25, 0.3) is 0 Å². The number of fused-ring (bicyclic) bond motifs is 1. The van der Waals surface area contributed by atoms with E-state index in [1.165, 1.54) is 35.3 Å². The number of nitrogens with zero attached hydrogens (tertiary/aromatic N) is 5. The molecule has 2 aromatic rings. The molecule has 1 unspecified atom stereocenters. The summed E-state index contributed by atoms with van der Waals surface area (Å²) in [4.78, 5) is 82.3. The standard InChI is InChI=1S/C23H25N9O8S4/c24-9(6-13(33)34)18(35)27-4-5-41-7-10-11(2-1-3-26-10)43-12-8-42-21-15(20(37)32(21)16(12)22(38)39)28-19(36)14(30-40)17-29-23(25)44-31-17/h1-3,9,14-15,21H,4-8,24H2,(H,27,35)(H,28,36)(H,33,34)(H,38,39)(H2,25,29,31)/t9-,14?,15+,21-/m0/s1. The molecule has 234 valence electrons. The predicted octanol–water partition coefficient (Wildman–Crippen LogP) is -0.0374. The van der Waals surface area contributed by atoms with E-state index < -0.39 is 59.6 Å². The lowest BCUT2D eigenvalue weighted by molar-refractivity contribution is -0.150. The number of hydrogen-bond donors (Lipinski definition) is 6. The molecule has 2 aliphatic heterocycles. The number of carboxylic acid groups (broad SMARTS) is 2. The first kappa shape index (κ1) is 33.1. The number of nitroso groups, excluding NO2 is 1. The number of thioether (sulfide) groups is 3. The minimum absolute atomic E-state index is 0.0375. The first-order chi connectivity index (χ1) is 21.0. The van der Waals surface area contributed by atoms with Crippen LogP contribution in [0.3, 0.4) is 0 Å². The van der Waals surface area contributed by atoms with Crippen LogP contribution in [0.4, 0.5) is 5.13 Å². The van der Waals surface area contributed by atoms with Crippen molar-refractivity contribution < 1.29 is 34.2 Å². The minimum atomic E-state index is -1.62. The van der Waals surface area contributed by atoms with Gasteiger partial charge in [-0.15, -0.1) is 16.7 Å². The van der Waals surface area contributed by atoms with Crippen LogP contribution in [-0.2, 0) is 29.7 Å². The van der Waals surface area contributed by atoms with Gasteiger partial charge in [0.25, 0.3) is 11.8 Å². The number of aliphatic carboxylic acids is 2. The van der Waals surface area contributed by atoms with E-state index in [0.29, 0.717) is 27.0 Å². The maximum atomic E-state index is 13.1. The van der Waals surface area contributed by atoms with E-state index in [2.05, 4.69) is 30.2 Å². The molecule has 3 amide bonds. The van der Waals surface area contributed by atoms with Gasteiger partial charge in [0.2, 0.25) is 11.9 Å². The largest absolute Gasteiger partial charge is 0.481 e. The van der Waals surface area contributed by atoms with Crippen molar-refractivity contribution in [1.29, 1.82) is 0 Å². The second-order valence-electron chi connectivity index (χ2n) is 9.07. The number of anilines is 1. The topological polar surface area (TPSA) is 273 Å². The number of β-lactam (4-membered cyclic amide) rings is 1. The summed E-state index contributed by atoms with van der Waals surface area (Å²) >= 11 is 4.64. The first-order valence-electron chi connectivity index (χ1n) is 12.6. The number of amides is 3. The number of aromatic nitrogens is 3. The lowest BCUT2D eigenvalue weighted by atomic mass is 10.0. The van der Waals surface area contributed by atoms with Crippen molar-refractivity contribution in [1.82, 2.24) is 29.9 Å². The Labute approximate surface area is 265 Å². The van der Waals surface area contributed by atoms with Crippen molar-refractivity contribution in [2.75, 3.05) is 23.8 Å². The maximum Gasteiger partial charge on any atom is 0.353 e. The third-order valence-corrected chi connectivity index (χ3v) is 10.3. The van der Waals surface area contributed by atoms with Crippen molar-refractivity contribution >= 4 is 81.6 Å². The summed E-state index contributed by atoms with van der Waals surface area (Å²) in [5, 5.41) is 25.9. The predicted molar refractivity (Wildman–Crippen MR) is 162 cm³/mol. The second kappa shape index (κ2) is 14.8. The summed E-state index contributed by atoms with van der Waals surface area (Å²) in [6.07, 6.45) is 1.12. The van der Waals surface area contributed by atoms with Crippen LogP contribution in [-0.4, -0.2) is 94.6 Å². The Hall–Kier alpha value is -3.79. The van der Waals surface area contributed by atoms with E-state index in [1.54, 1.807) is 18.3 Å². The SMILES string of the molecule is Nc1nc(C(N=O)C(=O)N[C@@H]2C(=O)N3C(C(=O)O)=C(Sc4cccnc4CSCCNC(=O)[C@@H](N)CC(=O)O)CS[C@@H]23)ns1. The van der Waals surface area contributed by atoms with Crippen molar-refractivity contribution in [3.05, 3.63) is 45.4 Å². The lowest BCUT2D eigenvalue weighted by Crippen LogP contribution is -2.70. The average Bonchev–Trinajstić information content (AvgIpc) is 3.41. The third kappa shape index (κ3) is 7.64. The van der Waals surface area contributed by atoms with Crippen molar-refractivity contribution in [2.24, 2.45) is 10.9 Å². The Morgan fingerprint density at radius 1 is 1.25 bits per heavy atom. The Morgan fingerprint density at radius 3 is 2.68 bits per heavy atom. The van der Waals surface area contributed by atoms with Gasteiger partial charge in [-0.1, -0.05) is 11.8 Å². The van der Waals surface area contributed by atoms with Crippen LogP contribution in [0, 0.1) is 4.91 Å². The van der Waals surface area contributed by atoms with Crippen LogP contribution < -0.4 is 22.1 Å². The van der Waals surface area contributed by atoms with Gasteiger partial charge >= 0.3 is 11.9 Å². The highest BCUT2D eigenvalue weighted by Crippen LogP contribution is 2.45. The highest BCUT2D eigenvalue weighted by molar-refractivity contribution is 8.06. The maximum absolute atomic E-state index is 13.1. The fourth-order valence-electron chi connectivity index (χ4n) is 4.06. The first-order valence-corrected chi connectivity index (χ1v) is 16.4. The molecule has 1 saturated heterocycles. The molecule has 0 spiro atoms. The van der Waals surface area contributed by atoms with Crippen LogP contribution in [0.2, 0.25) is 0 Å². The molecule has 17 nitrogen and oxygen atoms in total. The Morgan fingerprint density at radius 2 is 2.02 bits per heavy atom. The number of carbonyl (C=O) groups excluding carboxylic acids is 3. The smallest absolute Gasteiger partial charge is 0.353 e. The van der Waals surface area contributed by atoms with Gasteiger partial charge in [0.05, 0.1) is 18.2 Å². The molecular weight excluding hydrogens is 659 g/mol. The van der Waals surface area contributed by atoms with Crippen molar-refractivity contribution in [3.8, 4) is 0 Å². The van der Waals surface area contributed by atoms with Gasteiger partial charge in [-0.05, 0) is 17.3 Å². The summed E-state index contributed by atoms with van der Waals surface area (Å²) < 4.78 is 3.82. The summed E-state index contributed by atoms with van der Waals surface area (Å²) in [5.74, 6) is -3.68. The van der Waals surface area contributed by atoms with Gasteiger partial charge in [-0.2, -0.15) is 16.1 Å². The molecule has 4 atom stereocenters. The van der Waals surface area contributed by atoms with Gasteiger partial charge in [0.15, 0.2) is 11.0 Å². The monoisotopic (exact) mass is 683 g/mol. The molecule has 2 aliphatic rings. The molecule has 0 aromatic carbocycles. The summed E-state index contributed by atoms with van der Waals surface area (Å²) in [6, 6.07) is -0.374. The van der Waals surface area contributed by atoms with Crippen molar-refractivity contribution in [3.63, 3.8) is 0 Å². The lowest BCUT2D eigenvalue weighted by Gasteiger charge is -2.49. The van der Waals surface area contributed by atoms with E-state index in [4.69, 9.17) is 16.6 Å². The summed E-state index contributed by atoms with van der Waals surface area (Å²) in [6.45, 7) is 0.255. The number of hydrogen-bond acceptors (Lipinski definition) is 16. The van der Waals surface area contributed by atoms with Crippen LogP contribution in [0.1, 0.15) is 24.0 Å². The Kier molecular flexibility index (Phi) is 11.1. The molecule has 4 heterocycles. The fraction of sp³-hybridized carbons (Fsp3) is 0.391. The molecule has 1 fully saturated rings. The van der Waals surface area contributed by atoms with Crippen LogP contribution in [0.5, 0.6) is 0 Å². The number of carbonyl (C=O) groups is 5. The zero-order chi connectivity index (χ0) is 32.0. The normalized spacial score (nSPS) is 18.9. The molecule has 21 heteroatoms. The quantitative estimate of drug-likeness (QED) is 0.0816. The average molecular weight is 684 g/mol. The van der Waals surface area contributed by atoms with E-state index >= 15 is 0 Å². The Balaban J connectivity index is 1.38. The minimum Gasteiger partial charge on any atom is -0.481 e. The second-order valence-corrected chi connectivity index (χ2v) is 13.2. The zero-order valence-corrected chi connectivity index (χ0v) is 25.7. The third-order valence-electron chi connectivity index (χ3n) is 6.09. The van der Waals surface area contributed by atoms with Crippen molar-refractivity contribution in [2.45, 2.75) is 40.6 Å². The zero-order valence-electron chi connectivity index (χ0n) is 22.4. The van der Waals surface area contributed by atoms with Crippen LogP contribution >= 0.6 is 46.8 Å². The van der Waals surface area contributed by atoms with E-state index in [1.807, 2.05) is 0 Å². The fourth-order valence-corrected chi connectivity index (χ4v) is 8.00. The van der Waals surface area contributed by atoms with Gasteiger partial charge in [0.1, 0.15) is 17.1 Å². The molecule has 0 saturated carbocycles. The van der Waals surface area contributed by atoms with E-state index in [0.717, 1.165) is 16.4 Å². The highest BCUT2D eigenvalue weighted by Gasteiger charge is 2.55. The van der Waals surface area contributed by atoms with E-state index in [-0.39, 0.29) is 29.0 Å². The molecule has 0 aliphatic carbocycles. The van der Waals surface area contributed by atoms with Gasteiger partial charge in [0, 0.05) is 51.3 Å². The number of rotatable bonds is 15. The number of nitrogen functional groups attached to an aromatic ring is 1. The molecule has 4 rings (SSSR count).